The zero-order valence-electron chi connectivity index (χ0n) is 16.4. The van der Waals surface area contributed by atoms with Gasteiger partial charge in [-0.25, -0.2) is 16.4 Å². The van der Waals surface area contributed by atoms with E-state index in [1.165, 1.54) is 20.5 Å². The highest BCUT2D eigenvalue weighted by atomic mass is 29.6. The SMILES string of the molecule is C[SiH2][SiH2][SiH2]C.C[SiH2][Si](F)(F)[SiH2]C.C[SiH3].C[SiH3].F.F.F[Si](F)(F)F.[F-].[F-].[HH]. The normalized spacial score (nSPS) is 10.6. The average molecular weight is 553 g/mol. The Bertz CT molecular complexity index is 156. The molecule has 0 nitrogen and oxygen atoms in total. The van der Waals surface area contributed by atoms with Gasteiger partial charge in [-0.2, -0.15) is 0 Å². The lowest BCUT2D eigenvalue weighted by Crippen LogP contribution is -3.00. The maximum atomic E-state index is 12.1. The van der Waals surface area contributed by atoms with Crippen molar-refractivity contribution in [2.75, 3.05) is 0 Å². The monoisotopic (exact) mass is 552 g/mol. The molecule has 0 aliphatic carbocycles. The average Bonchev–Trinajstić information content (AvgIpc) is 2.43. The molecule has 0 aromatic carbocycles. The first-order valence-electron chi connectivity index (χ1n) is 7.67. The zero-order chi connectivity index (χ0) is 18.5. The summed E-state index contributed by atoms with van der Waals surface area (Å²) in [5, 5.41) is 0. The summed E-state index contributed by atoms with van der Waals surface area (Å²) in [7, 11) is -7.22. The van der Waals surface area contributed by atoms with Gasteiger partial charge in [0, 0.05) is 19.5 Å². The predicted molar refractivity (Wildman–Crippen MR) is 123 cm³/mol. The molecule has 0 bridgehead atoms. The van der Waals surface area contributed by atoms with Crippen LogP contribution in [0.3, 0.4) is 0 Å². The van der Waals surface area contributed by atoms with Crippen LogP contribution in [0.1, 0.15) is 1.43 Å². The highest BCUT2D eigenvalue weighted by Gasteiger charge is 2.39. The third kappa shape index (κ3) is 159. The van der Waals surface area contributed by atoms with E-state index in [1.807, 2.05) is 0 Å². The van der Waals surface area contributed by atoms with Crippen LogP contribution < -0.4 is 9.41 Å². The lowest BCUT2D eigenvalue weighted by Gasteiger charge is -2.03. The smallest absolute Gasteiger partial charge is 0.844 e. The van der Waals surface area contributed by atoms with E-state index in [1.54, 1.807) is 13.1 Å². The maximum absolute atomic E-state index is 12.1. The zero-order valence-corrected chi connectivity index (χ0v) is 29.4. The van der Waals surface area contributed by atoms with Crippen LogP contribution in [0.25, 0.3) is 0 Å². The van der Waals surface area contributed by atoms with Gasteiger partial charge in [0.2, 0.25) is 0 Å². The van der Waals surface area contributed by atoms with Crippen LogP contribution in [-0.4, -0.2) is 82.4 Å². The summed E-state index contributed by atoms with van der Waals surface area (Å²) in [5.41, 5.74) is 0. The molecule has 0 unspecified atom stereocenters. The van der Waals surface area contributed by atoms with E-state index in [2.05, 4.69) is 26.2 Å². The van der Waals surface area contributed by atoms with Crippen LogP contribution in [0.15, 0.2) is 0 Å². The van der Waals surface area contributed by atoms with Gasteiger partial charge >= 0.3 is 17.2 Å². The summed E-state index contributed by atoms with van der Waals surface area (Å²) >= 11 is 0. The molecule has 0 amide bonds. The van der Waals surface area contributed by atoms with Crippen molar-refractivity contribution in [3.8, 4) is 0 Å². The standard InChI is InChI=1S/C2H10F2Si3.C2H12Si3.2CH6Si.F4Si.4FH.H2/c1-5-7(3,4)6-2;1-3-5-4-2;2*1-2;1-5(2,3)4;;;;;/h5-6H2,1-2H3;3-5H2,1-2H3;2*1-2H3;;5*1H/p-2. The molecule has 0 aliphatic rings. The number of hydrogen-bond donors (Lipinski definition) is 0. The molecule has 0 saturated carbocycles. The lowest BCUT2D eigenvalue weighted by molar-refractivity contribution is -0.001000. The molecular weight excluding hydrogens is 515 g/mol. The number of rotatable bonds is 4. The Hall–Kier alpha value is 1.25. The van der Waals surface area contributed by atoms with Gasteiger partial charge < -0.3 is 9.41 Å². The summed E-state index contributed by atoms with van der Waals surface area (Å²) in [6.45, 7) is 12.6. The van der Waals surface area contributed by atoms with Gasteiger partial charge in [0.05, 0.1) is 18.1 Å². The maximum Gasteiger partial charge on any atom is 0.844 e. The topological polar surface area (TPSA) is 0 Å². The first-order valence-corrected chi connectivity index (χ1v) is 33.3. The molecule has 170 valence electrons. The number of halogens is 10. The summed E-state index contributed by atoms with van der Waals surface area (Å²) in [5.74, 6) is 0. The van der Waals surface area contributed by atoms with Gasteiger partial charge in [-0.1, -0.05) is 39.3 Å². The third-order valence-electron chi connectivity index (χ3n) is 1.74. The Balaban J connectivity index is -0.0000000156. The second kappa shape index (κ2) is 44.6. The van der Waals surface area contributed by atoms with E-state index < -0.39 is 35.3 Å². The molecule has 0 aromatic rings. The van der Waals surface area contributed by atoms with Gasteiger partial charge in [-0.15, -0.1) is 0 Å². The molecule has 0 atom stereocenters. The van der Waals surface area contributed by atoms with E-state index in [9.17, 15) is 24.6 Å². The molecular formula is C6H38F10Si9-2. The molecule has 0 spiro atoms. The fourth-order valence-electron chi connectivity index (χ4n) is 0.604. The summed E-state index contributed by atoms with van der Waals surface area (Å²) in [6, 6.07) is 0. The van der Waals surface area contributed by atoms with Crippen molar-refractivity contribution in [2.24, 2.45) is 0 Å². The summed E-state index contributed by atoms with van der Waals surface area (Å²) in [6.07, 6.45) is 0. The fourth-order valence-corrected chi connectivity index (χ4v) is 16.3. The van der Waals surface area contributed by atoms with E-state index in [4.69, 9.17) is 0 Å². The minimum absolute atomic E-state index is 0. The molecule has 0 radical (unpaired) electrons. The summed E-state index contributed by atoms with van der Waals surface area (Å²) in [4.78, 5) is 0. The molecule has 0 fully saturated rings. The molecule has 0 rings (SSSR count). The Labute approximate surface area is 166 Å². The van der Waals surface area contributed by atoms with E-state index in [0.29, 0.717) is 26.6 Å². The Morgan fingerprint density at radius 2 is 0.800 bits per heavy atom. The van der Waals surface area contributed by atoms with Crippen LogP contribution in [0, 0.1) is 0 Å². The van der Waals surface area contributed by atoms with E-state index in [-0.39, 0.29) is 20.2 Å². The minimum Gasteiger partial charge on any atom is -1.00 e. The Morgan fingerprint density at radius 3 is 0.800 bits per heavy atom. The van der Waals surface area contributed by atoms with Crippen molar-refractivity contribution < 1.29 is 44.9 Å². The van der Waals surface area contributed by atoms with Gasteiger partial charge in [-0.05, 0) is 29.0 Å². The van der Waals surface area contributed by atoms with E-state index in [0.717, 1.165) is 0 Å². The molecule has 0 aliphatic heterocycles. The van der Waals surface area contributed by atoms with Crippen LogP contribution in [-0.2, 0) is 0 Å². The first-order chi connectivity index (χ1) is 9.54. The third-order valence-corrected chi connectivity index (χ3v) is 37.4. The van der Waals surface area contributed by atoms with Crippen LogP contribution in [0.2, 0.25) is 39.3 Å². The Kier molecular flexibility index (Phi) is 100. The molecule has 0 N–H and O–H groups in total. The van der Waals surface area contributed by atoms with Gasteiger partial charge in [0.1, 0.15) is 0 Å². The largest absolute Gasteiger partial charge is 1.00 e. The molecule has 19 heteroatoms. The van der Waals surface area contributed by atoms with Crippen molar-refractivity contribution >= 4 is 82.4 Å². The van der Waals surface area contributed by atoms with Crippen LogP contribution in [0.5, 0.6) is 0 Å². The molecule has 0 heterocycles. The van der Waals surface area contributed by atoms with Gasteiger partial charge in [0.25, 0.3) is 0 Å². The molecule has 25 heavy (non-hydrogen) atoms. The highest BCUT2D eigenvalue weighted by molar-refractivity contribution is 7.43. The first kappa shape index (κ1) is 56.2. The number of hydrogen-bond acceptors (Lipinski definition) is 0. The highest BCUT2D eigenvalue weighted by Crippen LogP contribution is 2.06. The van der Waals surface area contributed by atoms with E-state index >= 15 is 0 Å². The van der Waals surface area contributed by atoms with Gasteiger partial charge in [0.15, 0.2) is 0 Å². The van der Waals surface area contributed by atoms with Crippen molar-refractivity contribution in [2.45, 2.75) is 39.3 Å². The fraction of sp³-hybridized carbons (Fsp3) is 1.00. The van der Waals surface area contributed by atoms with Crippen molar-refractivity contribution in [3.63, 3.8) is 0 Å². The van der Waals surface area contributed by atoms with Crippen LogP contribution >= 0.6 is 0 Å². The minimum atomic E-state index is -6.61. The lowest BCUT2D eigenvalue weighted by atomic mass is 11.9. The predicted octanol–water partition coefficient (Wildman–Crippen LogP) is -7.13. The van der Waals surface area contributed by atoms with Crippen molar-refractivity contribution in [1.82, 2.24) is 0 Å². The molecule has 0 saturated heterocycles. The second-order valence-electron chi connectivity index (χ2n) is 3.35. The second-order valence-corrected chi connectivity index (χ2v) is 38.0. The molecule has 0 aromatic heterocycles. The quantitative estimate of drug-likeness (QED) is 0.185. The Morgan fingerprint density at radius 1 is 0.640 bits per heavy atom. The van der Waals surface area contributed by atoms with Crippen molar-refractivity contribution in [1.29, 1.82) is 0 Å². The summed E-state index contributed by atoms with van der Waals surface area (Å²) < 4.78 is 63.6. The van der Waals surface area contributed by atoms with Crippen molar-refractivity contribution in [3.05, 3.63) is 0 Å². The van der Waals surface area contributed by atoms with Crippen LogP contribution in [0.4, 0.5) is 34.1 Å². The van der Waals surface area contributed by atoms with Gasteiger partial charge in [-0.3, -0.25) is 17.6 Å².